The Kier molecular flexibility index (Phi) is 7.02. The lowest BCUT2D eigenvalue weighted by atomic mass is 10.0. The molecule has 3 N–H and O–H groups in total. The molecule has 7 nitrogen and oxygen atoms in total. The van der Waals surface area contributed by atoms with Crippen molar-refractivity contribution in [1.82, 2.24) is 4.98 Å². The molecule has 3 aromatic heterocycles. The van der Waals surface area contributed by atoms with Crippen molar-refractivity contribution in [3.8, 4) is 16.9 Å². The number of rotatable bonds is 7. The average molecular weight is 572 g/mol. The Morgan fingerprint density at radius 1 is 1.05 bits per heavy atom. The van der Waals surface area contributed by atoms with Gasteiger partial charge in [0.2, 0.25) is 0 Å². The van der Waals surface area contributed by atoms with Gasteiger partial charge in [-0.3, -0.25) is 9.59 Å². The molecule has 2 amide bonds. The predicted molar refractivity (Wildman–Crippen MR) is 141 cm³/mol. The number of nitrogens with one attached hydrogen (secondary N) is 1. The van der Waals surface area contributed by atoms with Gasteiger partial charge >= 0.3 is 6.18 Å². The van der Waals surface area contributed by atoms with E-state index in [1.165, 1.54) is 12.1 Å². The van der Waals surface area contributed by atoms with Crippen LogP contribution in [0.1, 0.15) is 31.7 Å². The molecule has 0 aliphatic carbocycles. The fourth-order valence-electron chi connectivity index (χ4n) is 3.85. The van der Waals surface area contributed by atoms with Gasteiger partial charge < -0.3 is 20.2 Å². The maximum Gasteiger partial charge on any atom is 0.433 e. The second kappa shape index (κ2) is 10.4. The highest BCUT2D eigenvalue weighted by atomic mass is 35.5. The van der Waals surface area contributed by atoms with Gasteiger partial charge in [-0.15, -0.1) is 11.3 Å². The summed E-state index contributed by atoms with van der Waals surface area (Å²) in [5, 5.41) is 3.14. The number of carbonyl (C=O) groups is 2. The number of pyridine rings is 1. The number of fused-ring (bicyclic) bond motifs is 1. The minimum absolute atomic E-state index is 0.0206. The number of benzene rings is 2. The summed E-state index contributed by atoms with van der Waals surface area (Å²) in [6.45, 7) is -0.0206. The van der Waals surface area contributed by atoms with Crippen LogP contribution in [0.4, 0.5) is 18.9 Å². The molecule has 0 saturated heterocycles. The largest absolute Gasteiger partial charge is 0.484 e. The van der Waals surface area contributed by atoms with Crippen molar-refractivity contribution >= 4 is 50.7 Å². The van der Waals surface area contributed by atoms with Gasteiger partial charge in [0.05, 0.1) is 10.7 Å². The molecule has 198 valence electrons. The number of furan rings is 1. The van der Waals surface area contributed by atoms with E-state index in [0.29, 0.717) is 33.4 Å². The Morgan fingerprint density at radius 2 is 1.77 bits per heavy atom. The number of para-hydroxylation sites is 1. The number of alkyl halides is 3. The van der Waals surface area contributed by atoms with E-state index in [9.17, 15) is 22.8 Å². The Hall–Kier alpha value is -4.35. The Balaban J connectivity index is 1.52. The minimum atomic E-state index is -4.74. The molecule has 2 aromatic carbocycles. The van der Waals surface area contributed by atoms with Crippen molar-refractivity contribution in [2.45, 2.75) is 12.8 Å². The third kappa shape index (κ3) is 5.45. The quantitative estimate of drug-likeness (QED) is 0.215. The van der Waals surface area contributed by atoms with Gasteiger partial charge in [0.15, 0.2) is 5.76 Å². The van der Waals surface area contributed by atoms with Crippen LogP contribution >= 0.6 is 22.9 Å². The van der Waals surface area contributed by atoms with Gasteiger partial charge in [0.25, 0.3) is 11.8 Å². The zero-order chi connectivity index (χ0) is 27.7. The van der Waals surface area contributed by atoms with Crippen LogP contribution in [-0.4, -0.2) is 16.8 Å². The van der Waals surface area contributed by atoms with Gasteiger partial charge in [-0.1, -0.05) is 54.1 Å². The van der Waals surface area contributed by atoms with Gasteiger partial charge in [-0.25, -0.2) is 4.98 Å². The zero-order valence-electron chi connectivity index (χ0n) is 19.7. The molecule has 0 aliphatic rings. The molecule has 0 atom stereocenters. The molecule has 39 heavy (non-hydrogen) atoms. The summed E-state index contributed by atoms with van der Waals surface area (Å²) in [5.74, 6) is -1.07. The molecule has 0 saturated carbocycles. The number of aromatic nitrogens is 1. The first-order valence-corrected chi connectivity index (χ1v) is 12.5. The summed E-state index contributed by atoms with van der Waals surface area (Å²) < 4.78 is 52.2. The lowest BCUT2D eigenvalue weighted by Gasteiger charge is -2.12. The van der Waals surface area contributed by atoms with E-state index in [0.717, 1.165) is 6.07 Å². The highest BCUT2D eigenvalue weighted by Crippen LogP contribution is 2.43. The molecule has 0 spiro atoms. The molecule has 5 aromatic rings. The Bertz CT molecular complexity index is 1700. The van der Waals surface area contributed by atoms with Gasteiger partial charge in [-0.05, 0) is 41.5 Å². The predicted octanol–water partition coefficient (Wildman–Crippen LogP) is 7.16. The SMILES string of the molecule is NC(=O)c1sc2nc(C(F)(F)F)cc(-c3ccccc3)c2c1NC(=O)c1ccc(COc2ccccc2Cl)o1. The molecule has 3 heterocycles. The number of ether oxygens (including phenoxy) is 1. The van der Waals surface area contributed by atoms with Crippen molar-refractivity contribution in [2.75, 3.05) is 5.32 Å². The normalized spacial score (nSPS) is 11.5. The van der Waals surface area contributed by atoms with Crippen LogP contribution in [0.5, 0.6) is 5.75 Å². The topological polar surface area (TPSA) is 107 Å². The number of nitrogens with zero attached hydrogens (tertiary/aromatic N) is 1. The Labute approximate surface area is 228 Å². The monoisotopic (exact) mass is 571 g/mol. The number of amides is 2. The average Bonchev–Trinajstić information content (AvgIpc) is 3.53. The molecule has 0 fully saturated rings. The van der Waals surface area contributed by atoms with E-state index >= 15 is 0 Å². The maximum atomic E-state index is 13.7. The van der Waals surface area contributed by atoms with Crippen LogP contribution in [0, 0.1) is 0 Å². The van der Waals surface area contributed by atoms with Crippen LogP contribution in [0.25, 0.3) is 21.3 Å². The fourth-order valence-corrected chi connectivity index (χ4v) is 5.04. The number of nitrogens with two attached hydrogens (primary N) is 1. The number of carbonyl (C=O) groups excluding carboxylic acids is 2. The minimum Gasteiger partial charge on any atom is -0.484 e. The van der Waals surface area contributed by atoms with Crippen molar-refractivity contribution in [1.29, 1.82) is 0 Å². The molecular weight excluding hydrogens is 555 g/mol. The van der Waals surface area contributed by atoms with E-state index in [1.807, 2.05) is 0 Å². The van der Waals surface area contributed by atoms with E-state index in [-0.39, 0.29) is 38.7 Å². The van der Waals surface area contributed by atoms with Crippen molar-refractivity contribution in [3.05, 3.63) is 99.9 Å². The first-order chi connectivity index (χ1) is 18.6. The number of anilines is 1. The molecule has 0 radical (unpaired) electrons. The van der Waals surface area contributed by atoms with Gasteiger partial charge in [-0.2, -0.15) is 13.2 Å². The zero-order valence-corrected chi connectivity index (χ0v) is 21.3. The summed E-state index contributed by atoms with van der Waals surface area (Å²) in [4.78, 5) is 28.9. The number of thiophene rings is 1. The van der Waals surface area contributed by atoms with Crippen molar-refractivity contribution in [2.24, 2.45) is 5.73 Å². The summed E-state index contributed by atoms with van der Waals surface area (Å²) in [5.41, 5.74) is 4.89. The lowest BCUT2D eigenvalue weighted by Crippen LogP contribution is -2.16. The van der Waals surface area contributed by atoms with Crippen LogP contribution in [0.3, 0.4) is 0 Å². The van der Waals surface area contributed by atoms with E-state index in [2.05, 4.69) is 10.3 Å². The molecule has 0 unspecified atom stereocenters. The molecular formula is C27H17ClF3N3O4S. The van der Waals surface area contributed by atoms with E-state index in [1.54, 1.807) is 54.6 Å². The second-order valence-electron chi connectivity index (χ2n) is 8.21. The van der Waals surface area contributed by atoms with E-state index in [4.69, 9.17) is 26.5 Å². The fraction of sp³-hybridized carbons (Fsp3) is 0.0741. The third-order valence-corrected chi connectivity index (χ3v) is 7.00. The number of halogens is 4. The second-order valence-corrected chi connectivity index (χ2v) is 9.61. The first kappa shape index (κ1) is 26.3. The van der Waals surface area contributed by atoms with Crippen LogP contribution in [-0.2, 0) is 12.8 Å². The Morgan fingerprint density at radius 3 is 2.46 bits per heavy atom. The summed E-state index contributed by atoms with van der Waals surface area (Å²) in [7, 11) is 0. The standard InChI is InChI=1S/C27H17ClF3N3O4S/c28-17-8-4-5-9-18(17)37-13-15-10-11-19(38-15)25(36)34-22-21-16(14-6-2-1-3-7-14)12-20(27(29,30)31)33-26(21)39-23(22)24(32)35/h1-12H,13H2,(H2,32,35)(H,34,36). The smallest absolute Gasteiger partial charge is 0.433 e. The molecule has 0 aliphatic heterocycles. The number of hydrogen-bond acceptors (Lipinski definition) is 6. The van der Waals surface area contributed by atoms with Crippen molar-refractivity contribution < 1.29 is 31.9 Å². The van der Waals surface area contributed by atoms with Gasteiger partial charge in [0, 0.05) is 5.39 Å². The summed E-state index contributed by atoms with van der Waals surface area (Å²) >= 11 is 6.74. The summed E-state index contributed by atoms with van der Waals surface area (Å²) in [6, 6.07) is 18.9. The van der Waals surface area contributed by atoms with Crippen LogP contribution < -0.4 is 15.8 Å². The summed E-state index contributed by atoms with van der Waals surface area (Å²) in [6.07, 6.45) is -4.74. The maximum absolute atomic E-state index is 13.7. The number of hydrogen-bond donors (Lipinski definition) is 2. The first-order valence-electron chi connectivity index (χ1n) is 11.3. The molecule has 12 heteroatoms. The van der Waals surface area contributed by atoms with E-state index < -0.39 is 23.7 Å². The van der Waals surface area contributed by atoms with Crippen molar-refractivity contribution in [3.63, 3.8) is 0 Å². The van der Waals surface area contributed by atoms with Crippen LogP contribution in [0.2, 0.25) is 5.02 Å². The van der Waals surface area contributed by atoms with Crippen LogP contribution in [0.15, 0.2) is 77.2 Å². The number of primary amides is 1. The highest BCUT2D eigenvalue weighted by Gasteiger charge is 2.35. The third-order valence-electron chi connectivity index (χ3n) is 5.59. The lowest BCUT2D eigenvalue weighted by molar-refractivity contribution is -0.140. The highest BCUT2D eigenvalue weighted by molar-refractivity contribution is 7.21. The molecule has 5 rings (SSSR count). The molecule has 0 bridgehead atoms. The van der Waals surface area contributed by atoms with Gasteiger partial charge in [0.1, 0.15) is 33.5 Å².